The van der Waals surface area contributed by atoms with Crippen LogP contribution in [0, 0.1) is 0 Å². The number of carbonyl (C=O) groups is 1. The zero-order valence-corrected chi connectivity index (χ0v) is 8.17. The molecule has 2 N–H and O–H groups in total. The van der Waals surface area contributed by atoms with Gasteiger partial charge in [0.25, 0.3) is 5.91 Å². The molecule has 3 nitrogen and oxygen atoms in total. The normalized spacial score (nSPS) is 10.5. The standard InChI is InChI=1S/C9H6BrNO2/c10-6-2-1-3-7-5(6)4-8(13-7)9(11)12/h1-4H,(H2,11,12). The van der Waals surface area contributed by atoms with Crippen molar-refractivity contribution in [3.63, 3.8) is 0 Å². The summed E-state index contributed by atoms with van der Waals surface area (Å²) in [6.07, 6.45) is 0. The number of benzene rings is 1. The maximum absolute atomic E-state index is 10.8. The maximum Gasteiger partial charge on any atom is 0.284 e. The molecule has 0 atom stereocenters. The van der Waals surface area contributed by atoms with Gasteiger partial charge in [-0.1, -0.05) is 22.0 Å². The van der Waals surface area contributed by atoms with Crippen LogP contribution >= 0.6 is 15.9 Å². The minimum absolute atomic E-state index is 0.182. The van der Waals surface area contributed by atoms with Crippen molar-refractivity contribution in [3.8, 4) is 0 Å². The van der Waals surface area contributed by atoms with E-state index in [0.717, 1.165) is 9.86 Å². The Morgan fingerprint density at radius 3 is 2.85 bits per heavy atom. The summed E-state index contributed by atoms with van der Waals surface area (Å²) in [6.45, 7) is 0. The lowest BCUT2D eigenvalue weighted by atomic mass is 10.2. The number of hydrogen-bond acceptors (Lipinski definition) is 2. The van der Waals surface area contributed by atoms with Gasteiger partial charge in [-0.25, -0.2) is 0 Å². The third-order valence-corrected chi connectivity index (χ3v) is 2.44. The first-order valence-corrected chi connectivity index (χ1v) is 4.45. The Morgan fingerprint density at radius 2 is 2.23 bits per heavy atom. The molecule has 4 heteroatoms. The molecular formula is C9H6BrNO2. The lowest BCUT2D eigenvalue weighted by molar-refractivity contribution is 0.0976. The van der Waals surface area contributed by atoms with Gasteiger partial charge in [-0.2, -0.15) is 0 Å². The fraction of sp³-hybridized carbons (Fsp3) is 0. The summed E-state index contributed by atoms with van der Waals surface area (Å²) in [5.74, 6) is -0.370. The monoisotopic (exact) mass is 239 g/mol. The lowest BCUT2D eigenvalue weighted by Gasteiger charge is -1.88. The van der Waals surface area contributed by atoms with Crippen molar-refractivity contribution >= 4 is 32.8 Å². The van der Waals surface area contributed by atoms with Crippen LogP contribution in [0.1, 0.15) is 10.6 Å². The number of nitrogens with two attached hydrogens (primary N) is 1. The van der Waals surface area contributed by atoms with E-state index in [2.05, 4.69) is 15.9 Å². The predicted molar refractivity (Wildman–Crippen MR) is 52.4 cm³/mol. The molecule has 0 aliphatic carbocycles. The average Bonchev–Trinajstić information content (AvgIpc) is 2.49. The van der Waals surface area contributed by atoms with Crippen LogP contribution < -0.4 is 5.73 Å². The van der Waals surface area contributed by atoms with Crippen LogP contribution in [0.4, 0.5) is 0 Å². The Bertz CT molecular complexity index is 475. The molecule has 1 heterocycles. The summed E-state index contributed by atoms with van der Waals surface area (Å²) < 4.78 is 6.10. The minimum atomic E-state index is -0.553. The van der Waals surface area contributed by atoms with E-state index in [9.17, 15) is 4.79 Å². The topological polar surface area (TPSA) is 56.2 Å². The Morgan fingerprint density at radius 1 is 1.46 bits per heavy atom. The van der Waals surface area contributed by atoms with Crippen LogP contribution in [0.5, 0.6) is 0 Å². The van der Waals surface area contributed by atoms with Crippen LogP contribution in [-0.2, 0) is 0 Å². The highest BCUT2D eigenvalue weighted by Crippen LogP contribution is 2.26. The first-order valence-electron chi connectivity index (χ1n) is 3.66. The molecule has 1 aromatic heterocycles. The molecule has 0 bridgehead atoms. The number of hydrogen-bond donors (Lipinski definition) is 1. The zero-order valence-electron chi connectivity index (χ0n) is 6.58. The molecule has 2 aromatic rings. The Kier molecular flexibility index (Phi) is 1.84. The maximum atomic E-state index is 10.8. The van der Waals surface area contributed by atoms with Crippen molar-refractivity contribution in [1.29, 1.82) is 0 Å². The largest absolute Gasteiger partial charge is 0.451 e. The Balaban J connectivity index is 2.75. The van der Waals surface area contributed by atoms with Crippen molar-refractivity contribution in [2.75, 3.05) is 0 Å². The molecule has 0 spiro atoms. The van der Waals surface area contributed by atoms with Gasteiger partial charge in [-0.05, 0) is 18.2 Å². The van der Waals surface area contributed by atoms with E-state index in [-0.39, 0.29) is 5.76 Å². The number of halogens is 1. The highest BCUT2D eigenvalue weighted by molar-refractivity contribution is 9.10. The number of primary amides is 1. The predicted octanol–water partition coefficient (Wildman–Crippen LogP) is 2.29. The molecule has 1 amide bonds. The summed E-state index contributed by atoms with van der Waals surface area (Å²) in [5, 5.41) is 0.858. The number of rotatable bonds is 1. The number of carbonyl (C=O) groups excluding carboxylic acids is 1. The third kappa shape index (κ3) is 1.33. The van der Waals surface area contributed by atoms with Crippen LogP contribution in [0.2, 0.25) is 0 Å². The SMILES string of the molecule is NC(=O)c1cc2c(Br)cccc2o1. The number of furan rings is 1. The van der Waals surface area contributed by atoms with Crippen molar-refractivity contribution in [3.05, 3.63) is 34.5 Å². The van der Waals surface area contributed by atoms with Crippen LogP contribution in [-0.4, -0.2) is 5.91 Å². The van der Waals surface area contributed by atoms with Gasteiger partial charge < -0.3 is 10.2 Å². The molecule has 0 aliphatic rings. The molecule has 0 unspecified atom stereocenters. The molecule has 1 aromatic carbocycles. The quantitative estimate of drug-likeness (QED) is 0.831. The van der Waals surface area contributed by atoms with E-state index in [4.69, 9.17) is 10.2 Å². The van der Waals surface area contributed by atoms with E-state index < -0.39 is 5.91 Å². The van der Waals surface area contributed by atoms with Crippen molar-refractivity contribution in [2.24, 2.45) is 5.73 Å². The molecular weight excluding hydrogens is 234 g/mol. The summed E-state index contributed by atoms with van der Waals surface area (Å²) >= 11 is 3.35. The van der Waals surface area contributed by atoms with E-state index in [1.165, 1.54) is 0 Å². The third-order valence-electron chi connectivity index (χ3n) is 1.75. The number of fused-ring (bicyclic) bond motifs is 1. The molecule has 66 valence electrons. The molecule has 0 radical (unpaired) electrons. The molecule has 0 aliphatic heterocycles. The van der Waals surface area contributed by atoms with Crippen LogP contribution in [0.15, 0.2) is 33.2 Å². The average molecular weight is 240 g/mol. The van der Waals surface area contributed by atoms with E-state index in [0.29, 0.717) is 5.58 Å². The van der Waals surface area contributed by atoms with Crippen molar-refractivity contribution in [1.82, 2.24) is 0 Å². The van der Waals surface area contributed by atoms with E-state index in [1.54, 1.807) is 12.1 Å². The second-order valence-corrected chi connectivity index (χ2v) is 3.48. The van der Waals surface area contributed by atoms with E-state index in [1.807, 2.05) is 12.1 Å². The summed E-state index contributed by atoms with van der Waals surface area (Å²) in [6, 6.07) is 7.12. The zero-order chi connectivity index (χ0) is 9.42. The fourth-order valence-electron chi connectivity index (χ4n) is 1.15. The summed E-state index contributed by atoms with van der Waals surface area (Å²) in [4.78, 5) is 10.8. The van der Waals surface area contributed by atoms with Crippen LogP contribution in [0.3, 0.4) is 0 Å². The van der Waals surface area contributed by atoms with Gasteiger partial charge in [-0.15, -0.1) is 0 Å². The van der Waals surface area contributed by atoms with Gasteiger partial charge in [0.2, 0.25) is 0 Å². The van der Waals surface area contributed by atoms with Gasteiger partial charge in [-0.3, -0.25) is 4.79 Å². The molecule has 0 fully saturated rings. The highest BCUT2D eigenvalue weighted by Gasteiger charge is 2.09. The van der Waals surface area contributed by atoms with Crippen molar-refractivity contribution < 1.29 is 9.21 Å². The van der Waals surface area contributed by atoms with Crippen molar-refractivity contribution in [2.45, 2.75) is 0 Å². The second kappa shape index (κ2) is 2.88. The Labute approximate surface area is 82.6 Å². The molecule has 2 rings (SSSR count). The molecule has 0 saturated heterocycles. The first kappa shape index (κ1) is 8.31. The highest BCUT2D eigenvalue weighted by atomic mass is 79.9. The van der Waals surface area contributed by atoms with Gasteiger partial charge in [0, 0.05) is 9.86 Å². The first-order chi connectivity index (χ1) is 6.18. The summed E-state index contributed by atoms with van der Waals surface area (Å²) in [7, 11) is 0. The van der Waals surface area contributed by atoms with Gasteiger partial charge >= 0.3 is 0 Å². The smallest absolute Gasteiger partial charge is 0.284 e. The van der Waals surface area contributed by atoms with E-state index >= 15 is 0 Å². The summed E-state index contributed by atoms with van der Waals surface area (Å²) in [5.41, 5.74) is 5.74. The fourth-order valence-corrected chi connectivity index (χ4v) is 1.61. The Hall–Kier alpha value is -1.29. The van der Waals surface area contributed by atoms with Gasteiger partial charge in [0.15, 0.2) is 5.76 Å². The van der Waals surface area contributed by atoms with Crippen LogP contribution in [0.25, 0.3) is 11.0 Å². The second-order valence-electron chi connectivity index (χ2n) is 2.63. The minimum Gasteiger partial charge on any atom is -0.451 e. The lowest BCUT2D eigenvalue weighted by Crippen LogP contribution is -2.08. The van der Waals surface area contributed by atoms with Gasteiger partial charge in [0.05, 0.1) is 0 Å². The van der Waals surface area contributed by atoms with Gasteiger partial charge in [0.1, 0.15) is 5.58 Å². The molecule has 13 heavy (non-hydrogen) atoms. The number of amides is 1. The molecule has 0 saturated carbocycles.